The van der Waals surface area contributed by atoms with E-state index in [2.05, 4.69) is 50.2 Å². The number of para-hydroxylation sites is 1. The van der Waals surface area contributed by atoms with Gasteiger partial charge in [0.1, 0.15) is 5.75 Å². The summed E-state index contributed by atoms with van der Waals surface area (Å²) in [6.45, 7) is 8.73. The summed E-state index contributed by atoms with van der Waals surface area (Å²) in [5.41, 5.74) is 1.22. The molecule has 1 N–H and O–H groups in total. The van der Waals surface area contributed by atoms with Crippen molar-refractivity contribution >= 4 is 0 Å². The molecule has 3 heteroatoms. The maximum atomic E-state index is 5.40. The molecule has 0 heterocycles. The van der Waals surface area contributed by atoms with Crippen LogP contribution in [0.2, 0.25) is 0 Å². The molecule has 0 fully saturated rings. The first kappa shape index (κ1) is 16.0. The maximum Gasteiger partial charge on any atom is 0.123 e. The summed E-state index contributed by atoms with van der Waals surface area (Å²) in [4.78, 5) is 2.39. The minimum absolute atomic E-state index is 0.307. The molecule has 0 bridgehead atoms. The van der Waals surface area contributed by atoms with Crippen LogP contribution in [0.1, 0.15) is 38.8 Å². The Hall–Kier alpha value is -1.06. The topological polar surface area (TPSA) is 24.5 Å². The molecule has 0 aliphatic rings. The van der Waals surface area contributed by atoms with Crippen LogP contribution in [0.5, 0.6) is 5.75 Å². The van der Waals surface area contributed by atoms with Crippen LogP contribution in [0.15, 0.2) is 24.3 Å². The first-order valence-electron chi connectivity index (χ1n) is 7.16. The van der Waals surface area contributed by atoms with Crippen molar-refractivity contribution in [3.05, 3.63) is 29.8 Å². The maximum absolute atomic E-state index is 5.40. The molecule has 1 rings (SSSR count). The van der Waals surface area contributed by atoms with Crippen molar-refractivity contribution in [2.45, 2.75) is 39.3 Å². The molecule has 0 saturated heterocycles. The highest BCUT2D eigenvalue weighted by molar-refractivity contribution is 5.35. The monoisotopic (exact) mass is 264 g/mol. The van der Waals surface area contributed by atoms with Gasteiger partial charge in [0.25, 0.3) is 0 Å². The highest BCUT2D eigenvalue weighted by Gasteiger charge is 2.11. The zero-order chi connectivity index (χ0) is 14.3. The molecule has 1 aromatic carbocycles. The van der Waals surface area contributed by atoms with E-state index in [0.29, 0.717) is 12.1 Å². The molecule has 19 heavy (non-hydrogen) atoms. The number of hydrogen-bond acceptors (Lipinski definition) is 3. The number of nitrogens with one attached hydrogen (secondary N) is 1. The minimum atomic E-state index is 0.307. The summed E-state index contributed by atoms with van der Waals surface area (Å²) in [5.74, 6) is 0.956. The first-order chi connectivity index (χ1) is 9.10. The predicted molar refractivity (Wildman–Crippen MR) is 81.8 cm³/mol. The Morgan fingerprint density at radius 2 is 1.95 bits per heavy atom. The lowest BCUT2D eigenvalue weighted by atomic mass is 10.1. The van der Waals surface area contributed by atoms with Gasteiger partial charge < -0.3 is 15.0 Å². The highest BCUT2D eigenvalue weighted by atomic mass is 16.5. The van der Waals surface area contributed by atoms with Crippen molar-refractivity contribution in [2.75, 3.05) is 27.2 Å². The molecule has 0 aliphatic heterocycles. The number of hydrogen-bond donors (Lipinski definition) is 1. The van der Waals surface area contributed by atoms with E-state index in [4.69, 9.17) is 4.74 Å². The van der Waals surface area contributed by atoms with Gasteiger partial charge in [-0.2, -0.15) is 0 Å². The second kappa shape index (κ2) is 8.18. The first-order valence-corrected chi connectivity index (χ1v) is 7.16. The van der Waals surface area contributed by atoms with Gasteiger partial charge in [-0.1, -0.05) is 25.1 Å². The van der Waals surface area contributed by atoms with Crippen LogP contribution in [0, 0.1) is 0 Å². The fourth-order valence-electron chi connectivity index (χ4n) is 2.12. The van der Waals surface area contributed by atoms with Crippen molar-refractivity contribution in [3.63, 3.8) is 0 Å². The van der Waals surface area contributed by atoms with Crippen molar-refractivity contribution in [1.29, 1.82) is 0 Å². The molecule has 0 saturated carbocycles. The van der Waals surface area contributed by atoms with E-state index >= 15 is 0 Å². The van der Waals surface area contributed by atoms with Crippen LogP contribution in [0.3, 0.4) is 0 Å². The molecule has 0 aromatic heterocycles. The van der Waals surface area contributed by atoms with Gasteiger partial charge >= 0.3 is 0 Å². The van der Waals surface area contributed by atoms with Crippen molar-refractivity contribution in [3.8, 4) is 5.75 Å². The molecule has 108 valence electrons. The van der Waals surface area contributed by atoms with E-state index in [1.54, 1.807) is 7.11 Å². The van der Waals surface area contributed by atoms with E-state index < -0.39 is 0 Å². The molecule has 1 aromatic rings. The average Bonchev–Trinajstić information content (AvgIpc) is 2.45. The molecule has 0 radical (unpaired) electrons. The largest absolute Gasteiger partial charge is 0.496 e. The van der Waals surface area contributed by atoms with Crippen molar-refractivity contribution in [2.24, 2.45) is 0 Å². The van der Waals surface area contributed by atoms with Gasteiger partial charge in [0, 0.05) is 30.7 Å². The third kappa shape index (κ3) is 4.84. The van der Waals surface area contributed by atoms with E-state index in [1.807, 2.05) is 12.1 Å². The van der Waals surface area contributed by atoms with Crippen LogP contribution in [-0.4, -0.2) is 38.2 Å². The van der Waals surface area contributed by atoms with Crippen LogP contribution < -0.4 is 10.1 Å². The quantitative estimate of drug-likeness (QED) is 0.781. The van der Waals surface area contributed by atoms with E-state index in [0.717, 1.165) is 18.8 Å². The van der Waals surface area contributed by atoms with Crippen molar-refractivity contribution < 1.29 is 4.74 Å². The van der Waals surface area contributed by atoms with Crippen molar-refractivity contribution in [1.82, 2.24) is 10.2 Å². The third-order valence-electron chi connectivity index (χ3n) is 3.86. The number of ether oxygens (including phenoxy) is 1. The zero-order valence-electron chi connectivity index (χ0n) is 12.9. The minimum Gasteiger partial charge on any atom is -0.496 e. The smallest absolute Gasteiger partial charge is 0.123 e. The normalized spacial score (nSPS) is 14.4. The number of benzene rings is 1. The lowest BCUT2D eigenvalue weighted by Gasteiger charge is -2.25. The van der Waals surface area contributed by atoms with Gasteiger partial charge in [0.05, 0.1) is 7.11 Å². The fraction of sp³-hybridized carbons (Fsp3) is 0.625. The Morgan fingerprint density at radius 3 is 2.58 bits per heavy atom. The van der Waals surface area contributed by atoms with Gasteiger partial charge in [0.15, 0.2) is 0 Å². The highest BCUT2D eigenvalue weighted by Crippen LogP contribution is 2.23. The van der Waals surface area contributed by atoms with Gasteiger partial charge in [-0.25, -0.2) is 0 Å². The lowest BCUT2D eigenvalue weighted by Crippen LogP contribution is -2.35. The number of likely N-dealkylation sites (N-methyl/N-ethyl adjacent to an activating group) is 1. The summed E-state index contributed by atoms with van der Waals surface area (Å²) < 4.78 is 5.40. The van der Waals surface area contributed by atoms with E-state index in [-0.39, 0.29) is 0 Å². The Balaban J connectivity index is 2.45. The van der Waals surface area contributed by atoms with Crippen LogP contribution in [0.25, 0.3) is 0 Å². The van der Waals surface area contributed by atoms with Gasteiger partial charge in [0.2, 0.25) is 0 Å². The Kier molecular flexibility index (Phi) is 6.89. The molecular formula is C16H28N2O. The molecule has 0 amide bonds. The molecular weight excluding hydrogens is 236 g/mol. The van der Waals surface area contributed by atoms with E-state index in [9.17, 15) is 0 Å². The van der Waals surface area contributed by atoms with E-state index in [1.165, 1.54) is 12.0 Å². The molecule has 3 nitrogen and oxygen atoms in total. The predicted octanol–water partition coefficient (Wildman–Crippen LogP) is 3.08. The third-order valence-corrected chi connectivity index (χ3v) is 3.86. The Bertz CT molecular complexity index is 368. The van der Waals surface area contributed by atoms with Crippen LogP contribution >= 0.6 is 0 Å². The summed E-state index contributed by atoms with van der Waals surface area (Å²) in [6.07, 6.45) is 1.19. The van der Waals surface area contributed by atoms with Crippen LogP contribution in [-0.2, 0) is 0 Å². The second-order valence-corrected chi connectivity index (χ2v) is 5.16. The zero-order valence-corrected chi connectivity index (χ0v) is 12.9. The second-order valence-electron chi connectivity index (χ2n) is 5.16. The molecule has 2 unspecified atom stereocenters. The van der Waals surface area contributed by atoms with Gasteiger partial charge in [-0.3, -0.25) is 0 Å². The fourth-order valence-corrected chi connectivity index (χ4v) is 2.12. The molecule has 2 atom stereocenters. The average molecular weight is 264 g/mol. The standard InChI is InChI=1S/C16H28N2O/c1-6-13(2)18(4)12-11-17-14(3)15-9-7-8-10-16(15)19-5/h7-10,13-14,17H,6,11-12H2,1-5H3. The lowest BCUT2D eigenvalue weighted by molar-refractivity contribution is 0.249. The molecule has 0 aliphatic carbocycles. The van der Waals surface area contributed by atoms with Crippen LogP contribution in [0.4, 0.5) is 0 Å². The number of methoxy groups -OCH3 is 1. The van der Waals surface area contributed by atoms with Gasteiger partial charge in [-0.15, -0.1) is 0 Å². The molecule has 0 spiro atoms. The van der Waals surface area contributed by atoms with Gasteiger partial charge in [-0.05, 0) is 33.4 Å². The Labute approximate surface area is 118 Å². The summed E-state index contributed by atoms with van der Waals surface area (Å²) in [7, 11) is 3.91. The summed E-state index contributed by atoms with van der Waals surface area (Å²) in [6, 6.07) is 9.14. The number of rotatable bonds is 8. The summed E-state index contributed by atoms with van der Waals surface area (Å²) >= 11 is 0. The summed E-state index contributed by atoms with van der Waals surface area (Å²) in [5, 5.41) is 3.56. The number of nitrogens with zero attached hydrogens (tertiary/aromatic N) is 1. The SMILES string of the molecule is CCC(C)N(C)CCNC(C)c1ccccc1OC. The Morgan fingerprint density at radius 1 is 1.26 bits per heavy atom.